The zero-order valence-corrected chi connectivity index (χ0v) is 12.4. The molecular weight excluding hydrogens is 270 g/mol. The lowest BCUT2D eigenvalue weighted by atomic mass is 10.2. The minimum atomic E-state index is -0.206. The maximum absolute atomic E-state index is 9.81. The largest absolute Gasteiger partial charge is 0.392 e. The minimum Gasteiger partial charge on any atom is -0.392 e. The van der Waals surface area contributed by atoms with E-state index in [2.05, 4.69) is 28.9 Å². The summed E-state index contributed by atoms with van der Waals surface area (Å²) in [6.45, 7) is 2.54. The molecule has 0 spiro atoms. The van der Waals surface area contributed by atoms with Crippen LogP contribution in [0.3, 0.4) is 0 Å². The van der Waals surface area contributed by atoms with Gasteiger partial charge in [-0.3, -0.25) is 4.90 Å². The van der Waals surface area contributed by atoms with E-state index in [1.165, 1.54) is 0 Å². The number of hydrogen-bond donors (Lipinski definition) is 1. The van der Waals surface area contributed by atoms with Crippen molar-refractivity contribution in [1.29, 1.82) is 0 Å². The average molecular weight is 290 g/mol. The Bertz CT molecular complexity index is 385. The number of likely N-dealkylation sites (tertiary alicyclic amines) is 1. The van der Waals surface area contributed by atoms with Gasteiger partial charge in [-0.25, -0.2) is 4.98 Å². The molecule has 1 fully saturated rings. The molecule has 6 heteroatoms. The Hall–Kier alpha value is -0.200. The second-order valence-corrected chi connectivity index (χ2v) is 6.31. The van der Waals surface area contributed by atoms with Gasteiger partial charge in [0.15, 0.2) is 0 Å². The fourth-order valence-electron chi connectivity index (χ4n) is 2.42. The summed E-state index contributed by atoms with van der Waals surface area (Å²) in [6, 6.07) is 0.415. The van der Waals surface area contributed by atoms with Crippen LogP contribution in [0.1, 0.15) is 17.1 Å². The molecule has 0 saturated carbocycles. The highest BCUT2D eigenvalue weighted by atomic mass is 35.5. The fraction of sp³-hybridized carbons (Fsp3) is 0.750. The van der Waals surface area contributed by atoms with Crippen molar-refractivity contribution in [3.63, 3.8) is 0 Å². The van der Waals surface area contributed by atoms with E-state index in [0.29, 0.717) is 11.9 Å². The van der Waals surface area contributed by atoms with E-state index in [1.54, 1.807) is 11.3 Å². The molecular formula is C12H20ClN3OS. The number of halogens is 1. The zero-order chi connectivity index (χ0) is 13.1. The highest BCUT2D eigenvalue weighted by molar-refractivity contribution is 7.09. The van der Waals surface area contributed by atoms with E-state index in [1.807, 2.05) is 5.38 Å². The van der Waals surface area contributed by atoms with Crippen LogP contribution in [-0.2, 0) is 12.4 Å². The monoisotopic (exact) mass is 289 g/mol. The lowest BCUT2D eigenvalue weighted by Crippen LogP contribution is -2.37. The van der Waals surface area contributed by atoms with E-state index < -0.39 is 0 Å². The van der Waals surface area contributed by atoms with Gasteiger partial charge in [-0.2, -0.15) is 0 Å². The number of nitrogens with zero attached hydrogens (tertiary/aromatic N) is 3. The third-order valence-electron chi connectivity index (χ3n) is 3.16. The molecule has 0 aliphatic carbocycles. The molecule has 1 aliphatic rings. The lowest BCUT2D eigenvalue weighted by Gasteiger charge is -2.25. The van der Waals surface area contributed by atoms with Gasteiger partial charge in [0.05, 0.1) is 24.2 Å². The molecule has 4 nitrogen and oxygen atoms in total. The van der Waals surface area contributed by atoms with Crippen LogP contribution in [0.25, 0.3) is 0 Å². The van der Waals surface area contributed by atoms with Crippen LogP contribution in [0.15, 0.2) is 5.38 Å². The number of thiazole rings is 1. The topological polar surface area (TPSA) is 39.6 Å². The van der Waals surface area contributed by atoms with Gasteiger partial charge in [0.2, 0.25) is 0 Å². The third kappa shape index (κ3) is 3.65. The van der Waals surface area contributed by atoms with Crippen LogP contribution in [0.2, 0.25) is 0 Å². The third-order valence-corrected chi connectivity index (χ3v) is 4.31. The summed E-state index contributed by atoms with van der Waals surface area (Å²) in [5.74, 6) is 0.472. The molecule has 0 radical (unpaired) electrons. The molecule has 1 aliphatic heterocycles. The summed E-state index contributed by atoms with van der Waals surface area (Å²) >= 11 is 7.41. The summed E-state index contributed by atoms with van der Waals surface area (Å²) in [7, 11) is 4.13. The number of rotatable bonds is 5. The normalized spacial score (nSPS) is 25.2. The molecule has 1 aromatic heterocycles. The first-order valence-electron chi connectivity index (χ1n) is 6.14. The van der Waals surface area contributed by atoms with E-state index in [4.69, 9.17) is 11.6 Å². The Morgan fingerprint density at radius 2 is 2.39 bits per heavy atom. The zero-order valence-electron chi connectivity index (χ0n) is 10.8. The standard InChI is InChI=1S/C12H20ClN3OS/c1-15(2)5-10-3-11(17)6-16(10)7-12-14-9(4-13)8-18-12/h8,10-11,17H,3-7H2,1-2H3. The Labute approximate surface area is 117 Å². The van der Waals surface area contributed by atoms with E-state index in [0.717, 1.165) is 36.8 Å². The Kier molecular flexibility index (Phi) is 4.98. The molecule has 1 aromatic rings. The van der Waals surface area contributed by atoms with Crippen molar-refractivity contribution in [3.8, 4) is 0 Å². The molecule has 0 aromatic carbocycles. The van der Waals surface area contributed by atoms with E-state index >= 15 is 0 Å². The van der Waals surface area contributed by atoms with Crippen LogP contribution in [0.4, 0.5) is 0 Å². The van der Waals surface area contributed by atoms with Gasteiger partial charge in [-0.1, -0.05) is 0 Å². The van der Waals surface area contributed by atoms with Gasteiger partial charge in [0.25, 0.3) is 0 Å². The summed E-state index contributed by atoms with van der Waals surface area (Å²) < 4.78 is 0. The first kappa shape index (κ1) is 14.2. The van der Waals surface area contributed by atoms with Gasteiger partial charge in [-0.15, -0.1) is 22.9 Å². The van der Waals surface area contributed by atoms with Crippen LogP contribution in [0, 0.1) is 0 Å². The van der Waals surface area contributed by atoms with Crippen molar-refractivity contribution in [3.05, 3.63) is 16.1 Å². The maximum Gasteiger partial charge on any atom is 0.107 e. The highest BCUT2D eigenvalue weighted by Gasteiger charge is 2.31. The first-order valence-corrected chi connectivity index (χ1v) is 7.56. The van der Waals surface area contributed by atoms with Gasteiger partial charge in [0.1, 0.15) is 5.01 Å². The molecule has 18 heavy (non-hydrogen) atoms. The quantitative estimate of drug-likeness (QED) is 0.832. The summed E-state index contributed by atoms with van der Waals surface area (Å²) in [4.78, 5) is 8.97. The first-order chi connectivity index (χ1) is 8.58. The van der Waals surface area contributed by atoms with Crippen molar-refractivity contribution in [1.82, 2.24) is 14.8 Å². The molecule has 2 heterocycles. The van der Waals surface area contributed by atoms with Crippen LogP contribution < -0.4 is 0 Å². The van der Waals surface area contributed by atoms with Crippen LogP contribution in [0.5, 0.6) is 0 Å². The molecule has 0 amide bonds. The molecule has 0 bridgehead atoms. The predicted molar refractivity (Wildman–Crippen MR) is 75.0 cm³/mol. The fourth-order valence-corrected chi connectivity index (χ4v) is 3.47. The number of aliphatic hydroxyl groups excluding tert-OH is 1. The van der Waals surface area contributed by atoms with Gasteiger partial charge in [0, 0.05) is 24.5 Å². The Balaban J connectivity index is 1.97. The molecule has 1 N–H and O–H groups in total. The van der Waals surface area contributed by atoms with Gasteiger partial charge < -0.3 is 10.0 Å². The van der Waals surface area contributed by atoms with Gasteiger partial charge >= 0.3 is 0 Å². The van der Waals surface area contributed by atoms with Crippen molar-refractivity contribution in [2.75, 3.05) is 27.2 Å². The smallest absolute Gasteiger partial charge is 0.107 e. The summed E-state index contributed by atoms with van der Waals surface area (Å²) in [6.07, 6.45) is 0.647. The van der Waals surface area contributed by atoms with Crippen molar-refractivity contribution >= 4 is 22.9 Å². The van der Waals surface area contributed by atoms with Crippen LogP contribution in [-0.4, -0.2) is 59.2 Å². The molecule has 1 saturated heterocycles. The second-order valence-electron chi connectivity index (χ2n) is 5.10. The average Bonchev–Trinajstić information content (AvgIpc) is 2.86. The second kappa shape index (κ2) is 6.30. The lowest BCUT2D eigenvalue weighted by molar-refractivity contribution is 0.169. The maximum atomic E-state index is 9.81. The van der Waals surface area contributed by atoms with E-state index in [-0.39, 0.29) is 6.10 Å². The number of likely N-dealkylation sites (N-methyl/N-ethyl adjacent to an activating group) is 1. The Morgan fingerprint density at radius 3 is 3.00 bits per heavy atom. The highest BCUT2D eigenvalue weighted by Crippen LogP contribution is 2.22. The number of hydrogen-bond acceptors (Lipinski definition) is 5. The number of aromatic nitrogens is 1. The van der Waals surface area contributed by atoms with Crippen molar-refractivity contribution in [2.24, 2.45) is 0 Å². The molecule has 2 atom stereocenters. The van der Waals surface area contributed by atoms with Gasteiger partial charge in [-0.05, 0) is 20.5 Å². The predicted octanol–water partition coefficient (Wildman–Crippen LogP) is 1.38. The molecule has 2 rings (SSSR count). The SMILES string of the molecule is CN(C)CC1CC(O)CN1Cc1nc(CCl)cs1. The molecule has 102 valence electrons. The van der Waals surface area contributed by atoms with Crippen molar-refractivity contribution < 1.29 is 5.11 Å². The van der Waals surface area contributed by atoms with E-state index in [9.17, 15) is 5.11 Å². The van der Waals surface area contributed by atoms with Crippen LogP contribution >= 0.6 is 22.9 Å². The summed E-state index contributed by atoms with van der Waals surface area (Å²) in [5.41, 5.74) is 0.945. The summed E-state index contributed by atoms with van der Waals surface area (Å²) in [5, 5.41) is 12.9. The van der Waals surface area contributed by atoms with Crippen molar-refractivity contribution in [2.45, 2.75) is 31.0 Å². The Morgan fingerprint density at radius 1 is 1.61 bits per heavy atom. The molecule has 2 unspecified atom stereocenters. The number of aliphatic hydroxyl groups is 1. The minimum absolute atomic E-state index is 0.206. The number of β-amino-alcohol motifs (C(OH)–C–C–N with tert-alkyl or cyclic N) is 1. The number of alkyl halides is 1.